The molecule has 20 heavy (non-hydrogen) atoms. The molecule has 2 aromatic carbocycles. The van der Waals surface area contributed by atoms with Crippen molar-refractivity contribution < 1.29 is 13.6 Å². The second kappa shape index (κ2) is 5.28. The molecule has 5 heteroatoms. The third kappa shape index (κ3) is 2.77. The van der Waals surface area contributed by atoms with Crippen molar-refractivity contribution in [3.8, 4) is 0 Å². The molecule has 0 heterocycles. The molecule has 0 aliphatic heterocycles. The number of hydrogen-bond acceptors (Lipinski definition) is 2. The largest absolute Gasteiger partial charge is 0.394 e. The molecule has 2 aromatic rings. The third-order valence-electron chi connectivity index (χ3n) is 3.11. The third-order valence-corrected chi connectivity index (χ3v) is 3.11. The summed E-state index contributed by atoms with van der Waals surface area (Å²) in [6.45, 7) is 3.86. The zero-order valence-electron chi connectivity index (χ0n) is 11.1. The van der Waals surface area contributed by atoms with Crippen molar-refractivity contribution in [3.63, 3.8) is 0 Å². The van der Waals surface area contributed by atoms with Crippen molar-refractivity contribution in [1.82, 2.24) is 0 Å². The average Bonchev–Trinajstić information content (AvgIpc) is 2.39. The SMILES string of the molecule is Cc1ccc(NC(=O)c2cc(F)c(N)c(F)c2)cc1C. The number of nitrogens with two attached hydrogens (primary N) is 1. The quantitative estimate of drug-likeness (QED) is 0.826. The van der Waals surface area contributed by atoms with Gasteiger partial charge < -0.3 is 11.1 Å². The number of hydrogen-bond donors (Lipinski definition) is 2. The van der Waals surface area contributed by atoms with Crippen LogP contribution in [-0.2, 0) is 0 Å². The number of carbonyl (C=O) groups excluding carboxylic acids is 1. The monoisotopic (exact) mass is 276 g/mol. The van der Waals surface area contributed by atoms with E-state index in [0.29, 0.717) is 5.69 Å². The normalized spacial score (nSPS) is 10.4. The van der Waals surface area contributed by atoms with Crippen LogP contribution < -0.4 is 11.1 Å². The van der Waals surface area contributed by atoms with Crippen molar-refractivity contribution in [3.05, 3.63) is 58.7 Å². The van der Waals surface area contributed by atoms with E-state index in [9.17, 15) is 13.6 Å². The molecule has 0 saturated heterocycles. The first kappa shape index (κ1) is 14.0. The van der Waals surface area contributed by atoms with Gasteiger partial charge in [0, 0.05) is 11.3 Å². The van der Waals surface area contributed by atoms with Gasteiger partial charge in [0.2, 0.25) is 0 Å². The number of benzene rings is 2. The van der Waals surface area contributed by atoms with E-state index in [4.69, 9.17) is 5.73 Å². The van der Waals surface area contributed by atoms with Crippen molar-refractivity contribution in [2.45, 2.75) is 13.8 Å². The Morgan fingerprint density at radius 1 is 1.05 bits per heavy atom. The molecule has 0 radical (unpaired) electrons. The smallest absolute Gasteiger partial charge is 0.255 e. The minimum Gasteiger partial charge on any atom is -0.394 e. The topological polar surface area (TPSA) is 55.1 Å². The van der Waals surface area contributed by atoms with Crippen molar-refractivity contribution in [2.75, 3.05) is 11.1 Å². The lowest BCUT2D eigenvalue weighted by atomic mass is 10.1. The van der Waals surface area contributed by atoms with Crippen LogP contribution in [0.15, 0.2) is 30.3 Å². The van der Waals surface area contributed by atoms with E-state index in [-0.39, 0.29) is 5.56 Å². The number of amides is 1. The molecule has 0 fully saturated rings. The summed E-state index contributed by atoms with van der Waals surface area (Å²) in [6.07, 6.45) is 0. The molecule has 0 spiro atoms. The zero-order chi connectivity index (χ0) is 14.9. The molecule has 0 aromatic heterocycles. The minimum absolute atomic E-state index is 0.118. The highest BCUT2D eigenvalue weighted by atomic mass is 19.1. The van der Waals surface area contributed by atoms with Gasteiger partial charge in [-0.3, -0.25) is 4.79 Å². The highest BCUT2D eigenvalue weighted by Crippen LogP contribution is 2.19. The predicted molar refractivity (Wildman–Crippen MR) is 74.6 cm³/mol. The predicted octanol–water partition coefficient (Wildman–Crippen LogP) is 3.42. The van der Waals surface area contributed by atoms with Crippen LogP contribution in [0.1, 0.15) is 21.5 Å². The minimum atomic E-state index is -0.949. The van der Waals surface area contributed by atoms with E-state index in [0.717, 1.165) is 23.3 Å². The van der Waals surface area contributed by atoms with Crippen LogP contribution in [0, 0.1) is 25.5 Å². The van der Waals surface area contributed by atoms with Crippen LogP contribution in [0.3, 0.4) is 0 Å². The fourth-order valence-electron chi connectivity index (χ4n) is 1.74. The zero-order valence-corrected chi connectivity index (χ0v) is 11.1. The highest BCUT2D eigenvalue weighted by Gasteiger charge is 2.13. The summed E-state index contributed by atoms with van der Waals surface area (Å²) >= 11 is 0. The highest BCUT2D eigenvalue weighted by molar-refractivity contribution is 6.04. The molecule has 3 nitrogen and oxygen atoms in total. The number of nitrogens with one attached hydrogen (secondary N) is 1. The summed E-state index contributed by atoms with van der Waals surface area (Å²) in [5.74, 6) is -2.49. The molecule has 0 aliphatic carbocycles. The lowest BCUT2D eigenvalue weighted by Crippen LogP contribution is -2.13. The number of halogens is 2. The van der Waals surface area contributed by atoms with Gasteiger partial charge in [0.05, 0.1) is 0 Å². The average molecular weight is 276 g/mol. The molecule has 1 amide bonds. The van der Waals surface area contributed by atoms with Crippen LogP contribution in [0.4, 0.5) is 20.2 Å². The first-order valence-corrected chi connectivity index (χ1v) is 6.01. The van der Waals surface area contributed by atoms with E-state index in [1.807, 2.05) is 19.9 Å². The van der Waals surface area contributed by atoms with E-state index >= 15 is 0 Å². The molecular weight excluding hydrogens is 262 g/mol. The van der Waals surface area contributed by atoms with Crippen LogP contribution in [0.25, 0.3) is 0 Å². The van der Waals surface area contributed by atoms with Gasteiger partial charge in [0.25, 0.3) is 5.91 Å². The molecule has 0 atom stereocenters. The Balaban J connectivity index is 2.26. The van der Waals surface area contributed by atoms with Crippen molar-refractivity contribution in [1.29, 1.82) is 0 Å². The second-order valence-corrected chi connectivity index (χ2v) is 4.61. The molecule has 0 saturated carbocycles. The number of rotatable bonds is 2. The van der Waals surface area contributed by atoms with E-state index in [2.05, 4.69) is 5.32 Å². The maximum absolute atomic E-state index is 13.3. The number of aryl methyl sites for hydroxylation is 2. The number of anilines is 2. The van der Waals surface area contributed by atoms with Gasteiger partial charge in [0.1, 0.15) is 17.3 Å². The summed E-state index contributed by atoms with van der Waals surface area (Å²) in [5, 5.41) is 2.59. The fraction of sp³-hybridized carbons (Fsp3) is 0.133. The van der Waals surface area contributed by atoms with E-state index in [1.165, 1.54) is 0 Å². The Kier molecular flexibility index (Phi) is 3.70. The van der Waals surface area contributed by atoms with E-state index < -0.39 is 23.2 Å². The summed E-state index contributed by atoms with van der Waals surface area (Å²) in [6, 6.07) is 7.19. The Morgan fingerprint density at radius 2 is 1.65 bits per heavy atom. The lowest BCUT2D eigenvalue weighted by molar-refractivity contribution is 0.102. The van der Waals surface area contributed by atoms with Gasteiger partial charge in [-0.15, -0.1) is 0 Å². The summed E-state index contributed by atoms with van der Waals surface area (Å²) in [5.41, 5.74) is 7.12. The van der Waals surface area contributed by atoms with Gasteiger partial charge in [-0.05, 0) is 49.2 Å². The summed E-state index contributed by atoms with van der Waals surface area (Å²) < 4.78 is 26.6. The standard InChI is InChI=1S/C15H14F2N2O/c1-8-3-4-11(5-9(8)2)19-15(20)10-6-12(16)14(18)13(17)7-10/h3-7H,18H2,1-2H3,(H,19,20). The fourth-order valence-corrected chi connectivity index (χ4v) is 1.74. The van der Waals surface area contributed by atoms with Gasteiger partial charge in [-0.25, -0.2) is 8.78 Å². The first-order chi connectivity index (χ1) is 9.38. The Labute approximate surface area is 115 Å². The maximum Gasteiger partial charge on any atom is 0.255 e. The Hall–Kier alpha value is -2.43. The summed E-state index contributed by atoms with van der Waals surface area (Å²) in [7, 11) is 0. The number of carbonyl (C=O) groups is 1. The molecule has 0 aliphatic rings. The second-order valence-electron chi connectivity index (χ2n) is 4.61. The number of nitrogen functional groups attached to an aromatic ring is 1. The molecule has 104 valence electrons. The van der Waals surface area contributed by atoms with Crippen LogP contribution in [0.2, 0.25) is 0 Å². The van der Waals surface area contributed by atoms with Crippen LogP contribution >= 0.6 is 0 Å². The summed E-state index contributed by atoms with van der Waals surface area (Å²) in [4.78, 5) is 11.9. The maximum atomic E-state index is 13.3. The van der Waals surface area contributed by atoms with E-state index in [1.54, 1.807) is 12.1 Å². The molecule has 2 rings (SSSR count). The van der Waals surface area contributed by atoms with Crippen LogP contribution in [-0.4, -0.2) is 5.91 Å². The van der Waals surface area contributed by atoms with Gasteiger partial charge >= 0.3 is 0 Å². The van der Waals surface area contributed by atoms with Gasteiger partial charge in [-0.1, -0.05) is 6.07 Å². The van der Waals surface area contributed by atoms with Gasteiger partial charge in [0.15, 0.2) is 0 Å². The van der Waals surface area contributed by atoms with Gasteiger partial charge in [-0.2, -0.15) is 0 Å². The molecule has 0 unspecified atom stereocenters. The van der Waals surface area contributed by atoms with Crippen LogP contribution in [0.5, 0.6) is 0 Å². The Morgan fingerprint density at radius 3 is 2.20 bits per heavy atom. The van der Waals surface area contributed by atoms with Crippen molar-refractivity contribution in [2.24, 2.45) is 0 Å². The molecular formula is C15H14F2N2O. The molecule has 3 N–H and O–H groups in total. The van der Waals surface area contributed by atoms with Crippen molar-refractivity contribution >= 4 is 17.3 Å². The molecule has 0 bridgehead atoms. The first-order valence-electron chi connectivity index (χ1n) is 6.01. The Bertz CT molecular complexity index is 661. The lowest BCUT2D eigenvalue weighted by Gasteiger charge is -2.08.